The lowest BCUT2D eigenvalue weighted by Crippen LogP contribution is -2.13. The third-order valence-corrected chi connectivity index (χ3v) is 3.92. The quantitative estimate of drug-likeness (QED) is 0.799. The predicted octanol–water partition coefficient (Wildman–Crippen LogP) is 2.84. The van der Waals surface area contributed by atoms with Crippen LogP contribution in [0.2, 0.25) is 0 Å². The van der Waals surface area contributed by atoms with Crippen molar-refractivity contribution in [3.05, 3.63) is 64.7 Å². The van der Waals surface area contributed by atoms with Crippen LogP contribution < -0.4 is 5.73 Å². The van der Waals surface area contributed by atoms with Gasteiger partial charge in [0.1, 0.15) is 0 Å². The number of hydrogen-bond acceptors (Lipinski definition) is 5. The van der Waals surface area contributed by atoms with Crippen molar-refractivity contribution < 1.29 is 0 Å². The van der Waals surface area contributed by atoms with Gasteiger partial charge in [0.2, 0.25) is 0 Å². The second-order valence-corrected chi connectivity index (χ2v) is 5.42. The SMILES string of the molecule is NC(Cc1nc(-c2ccccc2)cs1)c1ccnnc1. The van der Waals surface area contributed by atoms with Gasteiger partial charge in [0, 0.05) is 29.6 Å². The summed E-state index contributed by atoms with van der Waals surface area (Å²) in [5, 5.41) is 10.7. The van der Waals surface area contributed by atoms with Gasteiger partial charge in [-0.15, -0.1) is 11.3 Å². The molecule has 0 aliphatic rings. The summed E-state index contributed by atoms with van der Waals surface area (Å²) >= 11 is 1.64. The van der Waals surface area contributed by atoms with Crippen LogP contribution in [0.25, 0.3) is 11.3 Å². The lowest BCUT2D eigenvalue weighted by Gasteiger charge is -2.08. The Labute approximate surface area is 121 Å². The number of hydrogen-bond donors (Lipinski definition) is 1. The van der Waals surface area contributed by atoms with Crippen LogP contribution in [0, 0.1) is 0 Å². The van der Waals surface area contributed by atoms with Gasteiger partial charge in [-0.25, -0.2) is 4.98 Å². The van der Waals surface area contributed by atoms with Crippen LogP contribution in [0.15, 0.2) is 54.2 Å². The maximum atomic E-state index is 6.17. The minimum Gasteiger partial charge on any atom is -0.324 e. The summed E-state index contributed by atoms with van der Waals surface area (Å²) in [6, 6.07) is 12.0. The number of nitrogens with two attached hydrogens (primary N) is 1. The molecular weight excluding hydrogens is 268 g/mol. The Balaban J connectivity index is 1.75. The molecule has 1 unspecified atom stereocenters. The van der Waals surface area contributed by atoms with Crippen molar-refractivity contribution in [2.24, 2.45) is 5.73 Å². The van der Waals surface area contributed by atoms with Gasteiger partial charge in [-0.05, 0) is 11.6 Å². The summed E-state index contributed by atoms with van der Waals surface area (Å²) in [6.07, 6.45) is 4.08. The van der Waals surface area contributed by atoms with E-state index in [0.717, 1.165) is 21.8 Å². The fourth-order valence-electron chi connectivity index (χ4n) is 1.97. The van der Waals surface area contributed by atoms with Crippen LogP contribution in [-0.2, 0) is 6.42 Å². The van der Waals surface area contributed by atoms with Crippen LogP contribution in [-0.4, -0.2) is 15.2 Å². The maximum absolute atomic E-state index is 6.17. The third-order valence-electron chi connectivity index (χ3n) is 3.05. The van der Waals surface area contributed by atoms with E-state index in [-0.39, 0.29) is 6.04 Å². The molecule has 100 valence electrons. The number of nitrogens with zero attached hydrogens (tertiary/aromatic N) is 3. The second kappa shape index (κ2) is 5.90. The van der Waals surface area contributed by atoms with Crippen molar-refractivity contribution in [2.45, 2.75) is 12.5 Å². The summed E-state index contributed by atoms with van der Waals surface area (Å²) in [7, 11) is 0. The minimum absolute atomic E-state index is 0.0970. The largest absolute Gasteiger partial charge is 0.324 e. The zero-order chi connectivity index (χ0) is 13.8. The van der Waals surface area contributed by atoms with Crippen molar-refractivity contribution in [1.29, 1.82) is 0 Å². The van der Waals surface area contributed by atoms with Crippen molar-refractivity contribution in [3.63, 3.8) is 0 Å². The zero-order valence-electron chi connectivity index (χ0n) is 10.8. The molecule has 0 saturated heterocycles. The molecule has 0 spiro atoms. The summed E-state index contributed by atoms with van der Waals surface area (Å²) < 4.78 is 0. The van der Waals surface area contributed by atoms with E-state index >= 15 is 0 Å². The van der Waals surface area contributed by atoms with Crippen LogP contribution in [0.5, 0.6) is 0 Å². The van der Waals surface area contributed by atoms with E-state index in [1.165, 1.54) is 0 Å². The molecule has 0 bridgehead atoms. The van der Waals surface area contributed by atoms with Gasteiger partial charge in [-0.2, -0.15) is 10.2 Å². The molecule has 1 atom stereocenters. The van der Waals surface area contributed by atoms with Gasteiger partial charge in [-0.1, -0.05) is 30.3 Å². The molecule has 20 heavy (non-hydrogen) atoms. The molecule has 4 nitrogen and oxygen atoms in total. The summed E-state index contributed by atoms with van der Waals surface area (Å²) in [4.78, 5) is 4.65. The third kappa shape index (κ3) is 2.89. The molecule has 2 heterocycles. The van der Waals surface area contributed by atoms with Crippen LogP contribution >= 0.6 is 11.3 Å². The molecule has 2 N–H and O–H groups in total. The standard InChI is InChI=1S/C15H14N4S/c16-13(12-6-7-17-18-9-12)8-15-19-14(10-20-15)11-4-2-1-3-5-11/h1-7,9-10,13H,8,16H2. The van der Waals surface area contributed by atoms with Crippen LogP contribution in [0.4, 0.5) is 0 Å². The van der Waals surface area contributed by atoms with Gasteiger partial charge in [-0.3, -0.25) is 0 Å². The van der Waals surface area contributed by atoms with E-state index in [4.69, 9.17) is 5.73 Å². The van der Waals surface area contributed by atoms with Gasteiger partial charge in [0.05, 0.1) is 16.9 Å². The molecule has 0 aliphatic heterocycles. The van der Waals surface area contributed by atoms with Crippen molar-refractivity contribution in [1.82, 2.24) is 15.2 Å². The Kier molecular flexibility index (Phi) is 3.80. The Morgan fingerprint density at radius 1 is 1.10 bits per heavy atom. The molecule has 3 rings (SSSR count). The first-order valence-corrected chi connectivity index (χ1v) is 7.23. The van der Waals surface area contributed by atoms with Gasteiger partial charge in [0.25, 0.3) is 0 Å². The molecule has 2 aromatic heterocycles. The average Bonchev–Trinajstić information content (AvgIpc) is 2.97. The first-order valence-electron chi connectivity index (χ1n) is 6.35. The van der Waals surface area contributed by atoms with Crippen molar-refractivity contribution in [3.8, 4) is 11.3 Å². The lowest BCUT2D eigenvalue weighted by atomic mass is 10.1. The number of thiazole rings is 1. The molecule has 0 saturated carbocycles. The Hall–Kier alpha value is -2.11. The predicted molar refractivity (Wildman–Crippen MR) is 80.2 cm³/mol. The van der Waals surface area contributed by atoms with Crippen molar-refractivity contribution >= 4 is 11.3 Å². The Bertz CT molecular complexity index is 667. The lowest BCUT2D eigenvalue weighted by molar-refractivity contribution is 0.709. The molecule has 0 amide bonds. The second-order valence-electron chi connectivity index (χ2n) is 4.48. The van der Waals surface area contributed by atoms with Crippen molar-refractivity contribution in [2.75, 3.05) is 0 Å². The molecule has 0 radical (unpaired) electrons. The molecule has 1 aromatic carbocycles. The fraction of sp³-hybridized carbons (Fsp3) is 0.133. The molecular formula is C15H14N4S. The Morgan fingerprint density at radius 3 is 2.70 bits per heavy atom. The van der Waals surface area contributed by atoms with Crippen LogP contribution in [0.3, 0.4) is 0 Å². The molecule has 0 aliphatic carbocycles. The maximum Gasteiger partial charge on any atom is 0.0951 e. The Morgan fingerprint density at radius 2 is 1.95 bits per heavy atom. The van der Waals surface area contributed by atoms with E-state index in [9.17, 15) is 0 Å². The highest BCUT2D eigenvalue weighted by Crippen LogP contribution is 2.24. The fourth-order valence-corrected chi connectivity index (χ4v) is 2.84. The summed E-state index contributed by atoms with van der Waals surface area (Å²) in [6.45, 7) is 0. The van der Waals surface area contributed by atoms with E-state index < -0.39 is 0 Å². The topological polar surface area (TPSA) is 64.7 Å². The average molecular weight is 282 g/mol. The normalized spacial score (nSPS) is 12.2. The highest BCUT2D eigenvalue weighted by Gasteiger charge is 2.11. The zero-order valence-corrected chi connectivity index (χ0v) is 11.6. The van der Waals surface area contributed by atoms with E-state index in [1.807, 2.05) is 24.3 Å². The minimum atomic E-state index is -0.0970. The number of benzene rings is 1. The smallest absolute Gasteiger partial charge is 0.0951 e. The molecule has 3 aromatic rings. The number of aromatic nitrogens is 3. The van der Waals surface area contributed by atoms with Gasteiger partial charge >= 0.3 is 0 Å². The number of rotatable bonds is 4. The summed E-state index contributed by atoms with van der Waals surface area (Å²) in [5.74, 6) is 0. The van der Waals surface area contributed by atoms with E-state index in [0.29, 0.717) is 6.42 Å². The highest BCUT2D eigenvalue weighted by molar-refractivity contribution is 7.09. The molecule has 5 heteroatoms. The monoisotopic (exact) mass is 282 g/mol. The summed E-state index contributed by atoms with van der Waals surface area (Å²) in [5.41, 5.74) is 9.30. The van der Waals surface area contributed by atoms with Gasteiger partial charge in [0.15, 0.2) is 0 Å². The van der Waals surface area contributed by atoms with Gasteiger partial charge < -0.3 is 5.73 Å². The van der Waals surface area contributed by atoms with Crippen LogP contribution in [0.1, 0.15) is 16.6 Å². The molecule has 0 fully saturated rings. The van der Waals surface area contributed by atoms with E-state index in [2.05, 4.69) is 32.7 Å². The van der Waals surface area contributed by atoms with E-state index in [1.54, 1.807) is 23.7 Å². The first-order chi connectivity index (χ1) is 9.83. The highest BCUT2D eigenvalue weighted by atomic mass is 32.1. The first kappa shape index (κ1) is 12.9.